The molecule has 1 aromatic heterocycles. The first-order chi connectivity index (χ1) is 7.66. The fourth-order valence-electron chi connectivity index (χ4n) is 1.46. The molecule has 0 saturated carbocycles. The molecule has 0 aliphatic heterocycles. The van der Waals surface area contributed by atoms with Crippen LogP contribution in [0.15, 0.2) is 41.0 Å². The Labute approximate surface area is 92.5 Å². The minimum Gasteiger partial charge on any atom is -0.505 e. The second-order valence-corrected chi connectivity index (χ2v) is 3.55. The van der Waals surface area contributed by atoms with Crippen LogP contribution in [0.3, 0.4) is 0 Å². The molecule has 2 rings (SSSR count). The van der Waals surface area contributed by atoms with Crippen LogP contribution in [0.5, 0.6) is 5.75 Å². The van der Waals surface area contributed by atoms with Gasteiger partial charge in [-0.3, -0.25) is 0 Å². The zero-order valence-corrected chi connectivity index (χ0v) is 8.77. The number of hydrogen-bond acceptors (Lipinski definition) is 3. The summed E-state index contributed by atoms with van der Waals surface area (Å²) in [4.78, 5) is 0. The molecule has 0 saturated heterocycles. The molecule has 0 aliphatic rings. The van der Waals surface area contributed by atoms with Gasteiger partial charge in [0.1, 0.15) is 5.76 Å². The van der Waals surface area contributed by atoms with Crippen LogP contribution in [-0.2, 0) is 0 Å². The van der Waals surface area contributed by atoms with Crippen molar-refractivity contribution in [1.82, 2.24) is 0 Å². The normalized spacial score (nSPS) is 12.4. The molecular formula is C12H12FNO2. The maximum atomic E-state index is 13.1. The van der Waals surface area contributed by atoms with Gasteiger partial charge >= 0.3 is 0 Å². The van der Waals surface area contributed by atoms with Gasteiger partial charge in [0, 0.05) is 11.8 Å². The van der Waals surface area contributed by atoms with E-state index in [0.717, 1.165) is 5.76 Å². The second-order valence-electron chi connectivity index (χ2n) is 3.55. The lowest BCUT2D eigenvalue weighted by Crippen LogP contribution is -2.05. The lowest BCUT2D eigenvalue weighted by Gasteiger charge is -2.12. The number of benzene rings is 1. The SMILES string of the molecule is CC(Nc1ccc(O)c(F)c1)c1ccco1. The Morgan fingerprint density at radius 2 is 2.19 bits per heavy atom. The molecule has 0 spiro atoms. The maximum Gasteiger partial charge on any atom is 0.166 e. The van der Waals surface area contributed by atoms with E-state index in [9.17, 15) is 4.39 Å². The molecule has 1 aromatic carbocycles. The largest absolute Gasteiger partial charge is 0.505 e. The van der Waals surface area contributed by atoms with Crippen LogP contribution in [0.1, 0.15) is 18.7 Å². The summed E-state index contributed by atoms with van der Waals surface area (Å²) in [6, 6.07) is 7.75. The summed E-state index contributed by atoms with van der Waals surface area (Å²) >= 11 is 0. The van der Waals surface area contributed by atoms with Gasteiger partial charge in [0.05, 0.1) is 12.3 Å². The molecule has 1 heterocycles. The van der Waals surface area contributed by atoms with Crippen molar-refractivity contribution in [1.29, 1.82) is 0 Å². The van der Waals surface area contributed by atoms with E-state index in [4.69, 9.17) is 9.52 Å². The molecule has 4 heteroatoms. The smallest absolute Gasteiger partial charge is 0.166 e. The van der Waals surface area contributed by atoms with Crippen molar-refractivity contribution in [3.63, 3.8) is 0 Å². The third kappa shape index (κ3) is 2.16. The van der Waals surface area contributed by atoms with Crippen LogP contribution in [-0.4, -0.2) is 5.11 Å². The molecule has 1 atom stereocenters. The van der Waals surface area contributed by atoms with Gasteiger partial charge in [0.25, 0.3) is 0 Å². The number of aromatic hydroxyl groups is 1. The number of halogens is 1. The van der Waals surface area contributed by atoms with E-state index in [1.807, 2.05) is 13.0 Å². The molecule has 0 fully saturated rings. The summed E-state index contributed by atoms with van der Waals surface area (Å²) in [7, 11) is 0. The van der Waals surface area contributed by atoms with Crippen LogP contribution in [0.4, 0.5) is 10.1 Å². The van der Waals surface area contributed by atoms with Crippen LogP contribution in [0.2, 0.25) is 0 Å². The molecule has 16 heavy (non-hydrogen) atoms. The Morgan fingerprint density at radius 3 is 2.81 bits per heavy atom. The highest BCUT2D eigenvalue weighted by Crippen LogP contribution is 2.23. The van der Waals surface area contributed by atoms with E-state index in [1.165, 1.54) is 12.1 Å². The van der Waals surface area contributed by atoms with Crippen LogP contribution in [0, 0.1) is 5.82 Å². The number of rotatable bonds is 3. The van der Waals surface area contributed by atoms with E-state index < -0.39 is 5.82 Å². The molecular weight excluding hydrogens is 209 g/mol. The Balaban J connectivity index is 2.12. The highest BCUT2D eigenvalue weighted by Gasteiger charge is 2.09. The zero-order chi connectivity index (χ0) is 11.5. The fraction of sp³-hybridized carbons (Fsp3) is 0.167. The Morgan fingerprint density at radius 1 is 1.38 bits per heavy atom. The number of hydrogen-bond donors (Lipinski definition) is 2. The van der Waals surface area contributed by atoms with Gasteiger partial charge in [-0.05, 0) is 31.2 Å². The summed E-state index contributed by atoms with van der Waals surface area (Å²) in [6.45, 7) is 1.91. The Hall–Kier alpha value is -1.97. The van der Waals surface area contributed by atoms with Crippen molar-refractivity contribution < 1.29 is 13.9 Å². The minimum atomic E-state index is -0.642. The third-order valence-electron chi connectivity index (χ3n) is 2.30. The molecule has 2 N–H and O–H groups in total. The number of phenolic OH excluding ortho intramolecular Hbond substituents is 1. The van der Waals surface area contributed by atoms with Crippen molar-refractivity contribution in [2.75, 3.05) is 5.32 Å². The van der Waals surface area contributed by atoms with Crippen molar-refractivity contribution in [3.05, 3.63) is 48.2 Å². The van der Waals surface area contributed by atoms with Crippen LogP contribution in [0.25, 0.3) is 0 Å². The number of nitrogens with one attached hydrogen (secondary N) is 1. The summed E-state index contributed by atoms with van der Waals surface area (Å²) in [5.41, 5.74) is 0.596. The van der Waals surface area contributed by atoms with E-state index in [0.29, 0.717) is 5.69 Å². The predicted octanol–water partition coefficient (Wildman–Crippen LogP) is 3.30. The standard InChI is InChI=1S/C12H12FNO2/c1-8(12-3-2-6-16-12)14-9-4-5-11(15)10(13)7-9/h2-8,14-15H,1H3. The summed E-state index contributed by atoms with van der Waals surface area (Å²) in [6.07, 6.45) is 1.59. The van der Waals surface area contributed by atoms with Gasteiger partial charge in [0.15, 0.2) is 11.6 Å². The van der Waals surface area contributed by atoms with Crippen molar-refractivity contribution >= 4 is 5.69 Å². The summed E-state index contributed by atoms with van der Waals surface area (Å²) in [5, 5.41) is 12.1. The average molecular weight is 221 g/mol. The monoisotopic (exact) mass is 221 g/mol. The first-order valence-electron chi connectivity index (χ1n) is 4.95. The van der Waals surface area contributed by atoms with E-state index >= 15 is 0 Å². The quantitative estimate of drug-likeness (QED) is 0.781. The number of furan rings is 1. The van der Waals surface area contributed by atoms with E-state index in [2.05, 4.69) is 5.32 Å². The van der Waals surface area contributed by atoms with Gasteiger partial charge in [-0.2, -0.15) is 0 Å². The van der Waals surface area contributed by atoms with Crippen molar-refractivity contribution in [3.8, 4) is 5.75 Å². The van der Waals surface area contributed by atoms with Gasteiger partial charge in [-0.1, -0.05) is 0 Å². The molecule has 84 valence electrons. The Bertz CT molecular complexity index is 468. The lowest BCUT2D eigenvalue weighted by molar-refractivity contribution is 0.432. The number of phenols is 1. The molecule has 2 aromatic rings. The average Bonchev–Trinajstić information content (AvgIpc) is 2.77. The van der Waals surface area contributed by atoms with Crippen LogP contribution >= 0.6 is 0 Å². The molecule has 0 bridgehead atoms. The van der Waals surface area contributed by atoms with Crippen LogP contribution < -0.4 is 5.32 Å². The highest BCUT2D eigenvalue weighted by atomic mass is 19.1. The van der Waals surface area contributed by atoms with E-state index in [1.54, 1.807) is 18.4 Å². The molecule has 1 unspecified atom stereocenters. The maximum absolute atomic E-state index is 13.1. The second kappa shape index (κ2) is 4.26. The fourth-order valence-corrected chi connectivity index (χ4v) is 1.46. The molecule has 3 nitrogen and oxygen atoms in total. The zero-order valence-electron chi connectivity index (χ0n) is 8.77. The lowest BCUT2D eigenvalue weighted by atomic mass is 10.2. The Kier molecular flexibility index (Phi) is 2.81. The summed E-state index contributed by atoms with van der Waals surface area (Å²) in [5.74, 6) is -0.221. The molecule has 0 aliphatic carbocycles. The summed E-state index contributed by atoms with van der Waals surface area (Å²) < 4.78 is 18.3. The first-order valence-corrected chi connectivity index (χ1v) is 4.95. The molecule has 0 amide bonds. The number of anilines is 1. The third-order valence-corrected chi connectivity index (χ3v) is 2.30. The van der Waals surface area contributed by atoms with Crippen molar-refractivity contribution in [2.24, 2.45) is 0 Å². The first kappa shape index (κ1) is 10.5. The van der Waals surface area contributed by atoms with Gasteiger partial charge in [0.2, 0.25) is 0 Å². The minimum absolute atomic E-state index is 0.0565. The van der Waals surface area contributed by atoms with Gasteiger partial charge in [-0.15, -0.1) is 0 Å². The topological polar surface area (TPSA) is 45.4 Å². The highest BCUT2D eigenvalue weighted by molar-refractivity contribution is 5.48. The van der Waals surface area contributed by atoms with Gasteiger partial charge in [-0.25, -0.2) is 4.39 Å². The predicted molar refractivity (Wildman–Crippen MR) is 58.8 cm³/mol. The van der Waals surface area contributed by atoms with Crippen molar-refractivity contribution in [2.45, 2.75) is 13.0 Å². The molecule has 0 radical (unpaired) electrons. The van der Waals surface area contributed by atoms with Gasteiger partial charge < -0.3 is 14.8 Å². The van der Waals surface area contributed by atoms with E-state index in [-0.39, 0.29) is 11.8 Å².